The van der Waals surface area contributed by atoms with Gasteiger partial charge in [-0.25, -0.2) is 0 Å². The highest BCUT2D eigenvalue weighted by Gasteiger charge is 2.10. The van der Waals surface area contributed by atoms with Crippen LogP contribution in [0.2, 0.25) is 0 Å². The Hall–Kier alpha value is -1.88. The van der Waals surface area contributed by atoms with E-state index in [1.807, 2.05) is 26.0 Å². The molecule has 1 atom stereocenters. The molecule has 0 saturated carbocycles. The van der Waals surface area contributed by atoms with Crippen molar-refractivity contribution in [1.29, 1.82) is 0 Å². The molecule has 5 heteroatoms. The summed E-state index contributed by atoms with van der Waals surface area (Å²) in [7, 11) is 0. The first-order valence-electron chi connectivity index (χ1n) is 6.76. The smallest absolute Gasteiger partial charge is 0.251 e. The van der Waals surface area contributed by atoms with Gasteiger partial charge in [-0.2, -0.15) is 0 Å². The molecule has 0 bridgehead atoms. The summed E-state index contributed by atoms with van der Waals surface area (Å²) in [5, 5.41) is 14.1. The second kappa shape index (κ2) is 8.32. The van der Waals surface area contributed by atoms with Crippen LogP contribution in [0.15, 0.2) is 24.3 Å². The highest BCUT2D eigenvalue weighted by molar-refractivity contribution is 5.97. The molecule has 20 heavy (non-hydrogen) atoms. The van der Waals surface area contributed by atoms with Gasteiger partial charge in [-0.05, 0) is 30.9 Å². The summed E-state index contributed by atoms with van der Waals surface area (Å²) in [6.45, 7) is 4.37. The summed E-state index contributed by atoms with van der Waals surface area (Å²) in [6.07, 6.45) is 0.649. The van der Waals surface area contributed by atoms with Gasteiger partial charge in [0.25, 0.3) is 5.91 Å². The molecule has 0 radical (unpaired) electrons. The van der Waals surface area contributed by atoms with Gasteiger partial charge in [-0.15, -0.1) is 0 Å². The number of aryl methyl sites for hydroxylation is 1. The quantitative estimate of drug-likeness (QED) is 0.692. The molecule has 5 nitrogen and oxygen atoms in total. The van der Waals surface area contributed by atoms with E-state index < -0.39 is 0 Å². The van der Waals surface area contributed by atoms with Crippen molar-refractivity contribution in [3.05, 3.63) is 35.4 Å². The third-order valence-corrected chi connectivity index (χ3v) is 3.07. The van der Waals surface area contributed by atoms with Crippen LogP contribution in [-0.4, -0.2) is 36.6 Å². The summed E-state index contributed by atoms with van der Waals surface area (Å²) in [4.78, 5) is 23.5. The fourth-order valence-electron chi connectivity index (χ4n) is 1.76. The first kappa shape index (κ1) is 16.2. The minimum absolute atomic E-state index is 0.0426. The van der Waals surface area contributed by atoms with E-state index in [1.165, 1.54) is 0 Å². The summed E-state index contributed by atoms with van der Waals surface area (Å²) < 4.78 is 0. The van der Waals surface area contributed by atoms with Gasteiger partial charge in [0.05, 0.1) is 6.54 Å². The fraction of sp³-hybridized carbons (Fsp3) is 0.467. The normalized spacial score (nSPS) is 11.8. The van der Waals surface area contributed by atoms with Crippen LogP contribution < -0.4 is 10.6 Å². The van der Waals surface area contributed by atoms with Crippen molar-refractivity contribution in [2.24, 2.45) is 5.92 Å². The Morgan fingerprint density at radius 2 is 1.95 bits per heavy atom. The number of hydrogen-bond acceptors (Lipinski definition) is 3. The molecule has 3 N–H and O–H groups in total. The number of carbonyl (C=O) groups is 2. The first-order chi connectivity index (χ1) is 9.54. The van der Waals surface area contributed by atoms with Crippen molar-refractivity contribution in [1.82, 2.24) is 10.6 Å². The van der Waals surface area contributed by atoms with Gasteiger partial charge < -0.3 is 15.7 Å². The zero-order valence-corrected chi connectivity index (χ0v) is 12.0. The highest BCUT2D eigenvalue weighted by Crippen LogP contribution is 2.06. The summed E-state index contributed by atoms with van der Waals surface area (Å²) >= 11 is 0. The fourth-order valence-corrected chi connectivity index (χ4v) is 1.76. The Labute approximate surface area is 119 Å². The molecular formula is C15H22N2O3. The van der Waals surface area contributed by atoms with Gasteiger partial charge in [0.2, 0.25) is 5.91 Å². The van der Waals surface area contributed by atoms with Crippen LogP contribution in [0.25, 0.3) is 0 Å². The summed E-state index contributed by atoms with van der Waals surface area (Å²) in [5.41, 5.74) is 1.45. The number of benzene rings is 1. The highest BCUT2D eigenvalue weighted by atomic mass is 16.3. The lowest BCUT2D eigenvalue weighted by Gasteiger charge is -2.12. The molecule has 1 aromatic rings. The minimum Gasteiger partial charge on any atom is -0.396 e. The van der Waals surface area contributed by atoms with Gasteiger partial charge in [0, 0.05) is 18.7 Å². The Morgan fingerprint density at radius 1 is 1.25 bits per heavy atom. The van der Waals surface area contributed by atoms with E-state index in [2.05, 4.69) is 10.6 Å². The first-order valence-corrected chi connectivity index (χ1v) is 6.76. The lowest BCUT2D eigenvalue weighted by Crippen LogP contribution is -2.38. The van der Waals surface area contributed by atoms with Gasteiger partial charge in [0.1, 0.15) is 0 Å². The van der Waals surface area contributed by atoms with Crippen molar-refractivity contribution >= 4 is 11.8 Å². The molecule has 0 aliphatic rings. The van der Waals surface area contributed by atoms with E-state index in [0.29, 0.717) is 18.5 Å². The number of carbonyl (C=O) groups excluding carboxylic acids is 2. The predicted molar refractivity (Wildman–Crippen MR) is 77.4 cm³/mol. The van der Waals surface area contributed by atoms with Gasteiger partial charge in [-0.3, -0.25) is 9.59 Å². The second-order valence-corrected chi connectivity index (χ2v) is 4.92. The van der Waals surface area contributed by atoms with Crippen molar-refractivity contribution in [2.45, 2.75) is 20.3 Å². The van der Waals surface area contributed by atoms with Crippen LogP contribution in [0.5, 0.6) is 0 Å². The number of hydrogen-bond donors (Lipinski definition) is 3. The van der Waals surface area contributed by atoms with Gasteiger partial charge in [0.15, 0.2) is 0 Å². The van der Waals surface area contributed by atoms with E-state index in [9.17, 15) is 9.59 Å². The maximum Gasteiger partial charge on any atom is 0.251 e. The second-order valence-electron chi connectivity index (χ2n) is 4.92. The Kier molecular flexibility index (Phi) is 6.73. The number of nitrogens with one attached hydrogen (secondary N) is 2. The number of rotatable bonds is 7. The van der Waals surface area contributed by atoms with E-state index in [4.69, 9.17) is 5.11 Å². The maximum absolute atomic E-state index is 11.9. The van der Waals surface area contributed by atoms with Crippen molar-refractivity contribution in [3.63, 3.8) is 0 Å². The molecular weight excluding hydrogens is 256 g/mol. The van der Waals surface area contributed by atoms with Crippen LogP contribution in [0.1, 0.15) is 29.3 Å². The van der Waals surface area contributed by atoms with Crippen molar-refractivity contribution in [3.8, 4) is 0 Å². The molecule has 2 amide bonds. The summed E-state index contributed by atoms with van der Waals surface area (Å²) in [5.74, 6) is -0.255. The summed E-state index contributed by atoms with van der Waals surface area (Å²) in [6, 6.07) is 7.23. The number of aliphatic hydroxyl groups is 1. The molecule has 1 rings (SSSR count). The van der Waals surface area contributed by atoms with Crippen molar-refractivity contribution < 1.29 is 14.7 Å². The van der Waals surface area contributed by atoms with Gasteiger partial charge in [-0.1, -0.05) is 25.1 Å². The van der Waals surface area contributed by atoms with E-state index in [-0.39, 0.29) is 30.9 Å². The molecule has 0 aliphatic carbocycles. The lowest BCUT2D eigenvalue weighted by molar-refractivity contribution is -0.120. The van der Waals surface area contributed by atoms with Crippen LogP contribution in [0.4, 0.5) is 0 Å². The zero-order valence-electron chi connectivity index (χ0n) is 12.0. The molecule has 1 aromatic carbocycles. The topological polar surface area (TPSA) is 78.4 Å². The molecule has 0 aromatic heterocycles. The molecule has 0 saturated heterocycles. The minimum atomic E-state index is -0.248. The molecule has 1 unspecified atom stereocenters. The molecule has 0 aliphatic heterocycles. The third kappa shape index (κ3) is 5.40. The van der Waals surface area contributed by atoms with E-state index in [1.54, 1.807) is 12.1 Å². The van der Waals surface area contributed by atoms with Crippen LogP contribution in [0.3, 0.4) is 0 Å². The number of amides is 2. The Bertz CT molecular complexity index is 460. The SMILES string of the molecule is Cc1ccccc1C(=O)NCC(=O)NCC(C)CCO. The average Bonchev–Trinajstić information content (AvgIpc) is 2.43. The zero-order chi connectivity index (χ0) is 15.0. The molecule has 0 spiro atoms. The third-order valence-electron chi connectivity index (χ3n) is 3.07. The van der Waals surface area contributed by atoms with E-state index >= 15 is 0 Å². The van der Waals surface area contributed by atoms with Crippen molar-refractivity contribution in [2.75, 3.05) is 19.7 Å². The lowest BCUT2D eigenvalue weighted by atomic mass is 10.1. The average molecular weight is 278 g/mol. The van der Waals surface area contributed by atoms with Crippen LogP contribution >= 0.6 is 0 Å². The van der Waals surface area contributed by atoms with Crippen LogP contribution in [-0.2, 0) is 4.79 Å². The monoisotopic (exact) mass is 278 g/mol. The standard InChI is InChI=1S/C15H22N2O3/c1-11(7-8-18)9-16-14(19)10-17-15(20)13-6-4-3-5-12(13)2/h3-6,11,18H,7-10H2,1-2H3,(H,16,19)(H,17,20). The van der Waals surface area contributed by atoms with Gasteiger partial charge >= 0.3 is 0 Å². The molecule has 0 heterocycles. The molecule has 110 valence electrons. The Morgan fingerprint density at radius 3 is 2.60 bits per heavy atom. The van der Waals surface area contributed by atoms with Crippen LogP contribution in [0, 0.1) is 12.8 Å². The predicted octanol–water partition coefficient (Wildman–Crippen LogP) is 0.860. The largest absolute Gasteiger partial charge is 0.396 e. The number of aliphatic hydroxyl groups excluding tert-OH is 1. The maximum atomic E-state index is 11.9. The van der Waals surface area contributed by atoms with E-state index in [0.717, 1.165) is 5.56 Å². The Balaban J connectivity index is 2.34. The molecule has 0 fully saturated rings.